The highest BCUT2D eigenvalue weighted by Gasteiger charge is 1.88. The van der Waals surface area contributed by atoms with Gasteiger partial charge in [0.05, 0.1) is 0 Å². The fraction of sp³-hybridized carbons (Fsp3) is 0. The zero-order chi connectivity index (χ0) is 8.69. The van der Waals surface area contributed by atoms with Gasteiger partial charge in [-0.1, -0.05) is 38.5 Å². The highest BCUT2D eigenvalue weighted by Crippen LogP contribution is 2.03. The molecule has 0 heterocycles. The largest absolute Gasteiger partial charge is 0.459 e. The van der Waals surface area contributed by atoms with Crippen LogP contribution in [0.4, 0.5) is 0 Å². The van der Waals surface area contributed by atoms with Crippen molar-refractivity contribution in [2.45, 2.75) is 0 Å². The van der Waals surface area contributed by atoms with Crippen LogP contribution in [0.1, 0.15) is 0 Å². The van der Waals surface area contributed by atoms with Crippen LogP contribution in [-0.2, 0) is 4.74 Å². The van der Waals surface area contributed by atoms with E-state index in [0.717, 1.165) is 0 Å². The molecule has 0 atom stereocenters. The van der Waals surface area contributed by atoms with Crippen molar-refractivity contribution in [3.8, 4) is 0 Å². The van der Waals surface area contributed by atoms with E-state index in [0.29, 0.717) is 11.5 Å². The Hall–Kier alpha value is -1.50. The molecule has 0 amide bonds. The maximum Gasteiger partial charge on any atom is 0.120 e. The van der Waals surface area contributed by atoms with Crippen molar-refractivity contribution >= 4 is 0 Å². The highest BCUT2D eigenvalue weighted by atomic mass is 16.5. The van der Waals surface area contributed by atoms with Gasteiger partial charge in [0.1, 0.15) is 11.5 Å². The standard InChI is InChI=1S/C10H12O/c1-5-7-8-10(4)11-9(3)6-2/h5-8H,1-4H2/b8-7-. The summed E-state index contributed by atoms with van der Waals surface area (Å²) in [4.78, 5) is 0. The topological polar surface area (TPSA) is 9.23 Å². The molecule has 1 heteroatoms. The minimum atomic E-state index is 0.490. The summed E-state index contributed by atoms with van der Waals surface area (Å²) in [6, 6.07) is 0. The van der Waals surface area contributed by atoms with E-state index in [9.17, 15) is 0 Å². The van der Waals surface area contributed by atoms with E-state index >= 15 is 0 Å². The van der Waals surface area contributed by atoms with E-state index in [2.05, 4.69) is 26.3 Å². The lowest BCUT2D eigenvalue weighted by molar-refractivity contribution is 0.340. The summed E-state index contributed by atoms with van der Waals surface area (Å²) in [5.74, 6) is 1.01. The first-order valence-corrected chi connectivity index (χ1v) is 3.18. The van der Waals surface area contributed by atoms with Crippen molar-refractivity contribution in [3.63, 3.8) is 0 Å². The van der Waals surface area contributed by atoms with Gasteiger partial charge in [0.25, 0.3) is 0 Å². The fourth-order valence-corrected chi connectivity index (χ4v) is 0.419. The monoisotopic (exact) mass is 148 g/mol. The summed E-state index contributed by atoms with van der Waals surface area (Å²) in [5.41, 5.74) is 0. The maximum absolute atomic E-state index is 5.06. The molecule has 0 saturated heterocycles. The summed E-state index contributed by atoms with van der Waals surface area (Å²) >= 11 is 0. The van der Waals surface area contributed by atoms with Gasteiger partial charge >= 0.3 is 0 Å². The molecule has 0 unspecified atom stereocenters. The number of allylic oxidation sites excluding steroid dienone is 4. The lowest BCUT2D eigenvalue weighted by Gasteiger charge is -2.01. The lowest BCUT2D eigenvalue weighted by Crippen LogP contribution is -1.83. The quantitative estimate of drug-likeness (QED) is 0.430. The molecular formula is C10H12O. The van der Waals surface area contributed by atoms with Gasteiger partial charge in [-0.2, -0.15) is 0 Å². The Morgan fingerprint density at radius 2 is 1.73 bits per heavy atom. The fourth-order valence-electron chi connectivity index (χ4n) is 0.419. The minimum Gasteiger partial charge on any atom is -0.459 e. The van der Waals surface area contributed by atoms with E-state index in [1.807, 2.05) is 0 Å². The zero-order valence-corrected chi connectivity index (χ0v) is 6.55. The molecule has 0 aliphatic carbocycles. The van der Waals surface area contributed by atoms with Crippen LogP contribution in [0.15, 0.2) is 62.1 Å². The van der Waals surface area contributed by atoms with Crippen LogP contribution in [0.5, 0.6) is 0 Å². The molecule has 11 heavy (non-hydrogen) atoms. The van der Waals surface area contributed by atoms with E-state index in [1.165, 1.54) is 6.08 Å². The van der Waals surface area contributed by atoms with Crippen LogP contribution in [0.2, 0.25) is 0 Å². The van der Waals surface area contributed by atoms with Gasteiger partial charge in [-0.3, -0.25) is 0 Å². The minimum absolute atomic E-state index is 0.490. The van der Waals surface area contributed by atoms with E-state index in [1.54, 1.807) is 18.2 Å². The molecule has 1 nitrogen and oxygen atoms in total. The Labute approximate surface area is 67.7 Å². The van der Waals surface area contributed by atoms with E-state index < -0.39 is 0 Å². The molecule has 0 bridgehead atoms. The molecule has 0 saturated carbocycles. The smallest absolute Gasteiger partial charge is 0.120 e. The molecule has 0 aromatic carbocycles. The number of rotatable bonds is 5. The molecule has 58 valence electrons. The molecule has 0 aliphatic heterocycles. The number of ether oxygens (including phenoxy) is 1. The van der Waals surface area contributed by atoms with E-state index in [-0.39, 0.29) is 0 Å². The third-order valence-corrected chi connectivity index (χ3v) is 0.908. The summed E-state index contributed by atoms with van der Waals surface area (Å²) in [7, 11) is 0. The number of hydrogen-bond acceptors (Lipinski definition) is 1. The van der Waals surface area contributed by atoms with Crippen molar-refractivity contribution in [1.29, 1.82) is 0 Å². The zero-order valence-electron chi connectivity index (χ0n) is 6.55. The van der Waals surface area contributed by atoms with Gasteiger partial charge in [-0.25, -0.2) is 0 Å². The van der Waals surface area contributed by atoms with Crippen LogP contribution in [0.25, 0.3) is 0 Å². The highest BCUT2D eigenvalue weighted by molar-refractivity contribution is 5.16. The first kappa shape index (κ1) is 9.50. The van der Waals surface area contributed by atoms with Gasteiger partial charge < -0.3 is 4.74 Å². The summed E-state index contributed by atoms with van der Waals surface area (Å²) in [6.07, 6.45) is 6.60. The molecule has 0 N–H and O–H groups in total. The average Bonchev–Trinajstić information content (AvgIpc) is 2.00. The van der Waals surface area contributed by atoms with Crippen LogP contribution >= 0.6 is 0 Å². The maximum atomic E-state index is 5.06. The predicted molar refractivity (Wildman–Crippen MR) is 48.9 cm³/mol. The average molecular weight is 148 g/mol. The molecule has 0 rings (SSSR count). The van der Waals surface area contributed by atoms with Gasteiger partial charge in [-0.15, -0.1) is 0 Å². The van der Waals surface area contributed by atoms with Crippen molar-refractivity contribution < 1.29 is 4.74 Å². The predicted octanol–water partition coefficient (Wildman–Crippen LogP) is 2.96. The Balaban J connectivity index is 3.87. The third kappa shape index (κ3) is 4.97. The van der Waals surface area contributed by atoms with Crippen molar-refractivity contribution in [2.24, 2.45) is 0 Å². The van der Waals surface area contributed by atoms with Crippen LogP contribution < -0.4 is 0 Å². The molecule has 0 aromatic heterocycles. The van der Waals surface area contributed by atoms with Gasteiger partial charge in [0.15, 0.2) is 0 Å². The summed E-state index contributed by atoms with van der Waals surface area (Å²) < 4.78 is 5.06. The van der Waals surface area contributed by atoms with Crippen molar-refractivity contribution in [3.05, 3.63) is 62.1 Å². The van der Waals surface area contributed by atoms with Gasteiger partial charge in [-0.05, 0) is 12.2 Å². The van der Waals surface area contributed by atoms with Crippen LogP contribution in [0.3, 0.4) is 0 Å². The summed E-state index contributed by atoms with van der Waals surface area (Å²) in [6.45, 7) is 14.2. The third-order valence-electron chi connectivity index (χ3n) is 0.908. The van der Waals surface area contributed by atoms with Gasteiger partial charge in [0.2, 0.25) is 0 Å². The second-order valence-corrected chi connectivity index (χ2v) is 1.83. The Bertz CT molecular complexity index is 209. The normalized spacial score (nSPS) is 9.09. The molecule has 0 aromatic rings. The second-order valence-electron chi connectivity index (χ2n) is 1.83. The van der Waals surface area contributed by atoms with Crippen LogP contribution in [-0.4, -0.2) is 0 Å². The molecule has 0 radical (unpaired) electrons. The first-order chi connectivity index (χ1) is 5.20. The SMILES string of the molecule is C=C/C=C\C(=C)OC(=C)C=C. The summed E-state index contributed by atoms with van der Waals surface area (Å²) in [5, 5.41) is 0. The molecule has 0 spiro atoms. The van der Waals surface area contributed by atoms with Crippen molar-refractivity contribution in [1.82, 2.24) is 0 Å². The lowest BCUT2D eigenvalue weighted by atomic mass is 10.4. The van der Waals surface area contributed by atoms with Crippen LogP contribution in [0, 0.1) is 0 Å². The molecule has 0 aliphatic rings. The molecular weight excluding hydrogens is 136 g/mol. The van der Waals surface area contributed by atoms with Crippen molar-refractivity contribution in [2.75, 3.05) is 0 Å². The first-order valence-electron chi connectivity index (χ1n) is 3.18. The Morgan fingerprint density at radius 3 is 2.18 bits per heavy atom. The Morgan fingerprint density at radius 1 is 1.09 bits per heavy atom. The van der Waals surface area contributed by atoms with Gasteiger partial charge in [0, 0.05) is 0 Å². The second kappa shape index (κ2) is 5.30. The molecule has 0 fully saturated rings. The number of hydrogen-bond donors (Lipinski definition) is 0. The van der Waals surface area contributed by atoms with E-state index in [4.69, 9.17) is 4.74 Å². The Kier molecular flexibility index (Phi) is 4.58.